The minimum Gasteiger partial charge on any atom is -0.409 e. The summed E-state index contributed by atoms with van der Waals surface area (Å²) in [6.45, 7) is 3.04. The molecule has 2 aromatic carbocycles. The number of para-hydroxylation sites is 1. The second kappa shape index (κ2) is 7.15. The van der Waals surface area contributed by atoms with E-state index in [1.54, 1.807) is 43.3 Å². The number of nitrogens with zero attached hydrogens (tertiary/aromatic N) is 2. The summed E-state index contributed by atoms with van der Waals surface area (Å²) in [5.41, 5.74) is 0.537. The molecule has 0 aromatic heterocycles. The predicted molar refractivity (Wildman–Crippen MR) is 87.9 cm³/mol. The molecule has 0 N–H and O–H groups in total. The van der Waals surface area contributed by atoms with Gasteiger partial charge in [0.05, 0.1) is 5.56 Å². The van der Waals surface area contributed by atoms with Crippen LogP contribution in [0.15, 0.2) is 53.4 Å². The Hall–Kier alpha value is -2.85. The topological polar surface area (TPSA) is 87.5 Å². The van der Waals surface area contributed by atoms with Crippen LogP contribution in [-0.2, 0) is 10.0 Å². The summed E-state index contributed by atoms with van der Waals surface area (Å²) in [4.78, 5) is 12.1. The minimum absolute atomic E-state index is 0.0171. The van der Waals surface area contributed by atoms with E-state index in [1.807, 2.05) is 6.07 Å². The number of carbonyl (C=O) groups excluding carboxylic acids is 1. The molecule has 6 nitrogen and oxygen atoms in total. The number of aryl methyl sites for hydroxylation is 1. The zero-order chi connectivity index (χ0) is 17.7. The Bertz CT molecular complexity index is 887. The molecule has 2 aromatic rings. The highest BCUT2D eigenvalue weighted by molar-refractivity contribution is 7.89. The van der Waals surface area contributed by atoms with Gasteiger partial charge in [-0.05, 0) is 37.6 Å². The Morgan fingerprint density at radius 3 is 2.42 bits per heavy atom. The molecule has 0 fully saturated rings. The van der Waals surface area contributed by atoms with Crippen molar-refractivity contribution in [3.8, 4) is 11.8 Å². The summed E-state index contributed by atoms with van der Waals surface area (Å²) < 4.78 is 31.3. The van der Waals surface area contributed by atoms with Gasteiger partial charge in [0.25, 0.3) is 10.0 Å². The standard InChI is InChI=1S/C17H16N2O4S/c1-3-19(17(20)23-14-9-5-4-6-10-14)24(21,22)16-11-7-8-13(2)15(16)12-18/h4-11H,3H2,1-2H3. The Morgan fingerprint density at radius 2 is 1.83 bits per heavy atom. The molecule has 24 heavy (non-hydrogen) atoms. The Balaban J connectivity index is 2.41. The molecule has 124 valence electrons. The van der Waals surface area contributed by atoms with Crippen LogP contribution in [0, 0.1) is 18.3 Å². The second-order valence-corrected chi connectivity index (χ2v) is 6.74. The first-order chi connectivity index (χ1) is 11.4. The number of carbonyl (C=O) groups is 1. The van der Waals surface area contributed by atoms with Gasteiger partial charge in [-0.15, -0.1) is 0 Å². The number of rotatable bonds is 4. The first-order valence-corrected chi connectivity index (χ1v) is 8.65. The van der Waals surface area contributed by atoms with E-state index in [1.165, 1.54) is 19.1 Å². The molecule has 0 bridgehead atoms. The molecule has 0 spiro atoms. The molecule has 0 heterocycles. The van der Waals surface area contributed by atoms with Crippen LogP contribution in [0.2, 0.25) is 0 Å². The van der Waals surface area contributed by atoms with Crippen molar-refractivity contribution < 1.29 is 17.9 Å². The summed E-state index contributed by atoms with van der Waals surface area (Å²) in [5, 5.41) is 9.24. The van der Waals surface area contributed by atoms with Crippen molar-refractivity contribution in [1.29, 1.82) is 5.26 Å². The van der Waals surface area contributed by atoms with Gasteiger partial charge in [-0.3, -0.25) is 0 Å². The van der Waals surface area contributed by atoms with Gasteiger partial charge < -0.3 is 4.74 Å². The first-order valence-electron chi connectivity index (χ1n) is 7.21. The number of nitriles is 1. The Labute approximate surface area is 141 Å². The number of sulfonamides is 1. The van der Waals surface area contributed by atoms with E-state index in [0.717, 1.165) is 0 Å². The van der Waals surface area contributed by atoms with Crippen molar-refractivity contribution in [3.63, 3.8) is 0 Å². The van der Waals surface area contributed by atoms with Crippen LogP contribution < -0.4 is 4.74 Å². The molecular weight excluding hydrogens is 328 g/mol. The predicted octanol–water partition coefficient (Wildman–Crippen LogP) is 3.08. The van der Waals surface area contributed by atoms with Gasteiger partial charge in [-0.2, -0.15) is 5.26 Å². The van der Waals surface area contributed by atoms with Gasteiger partial charge in [-0.1, -0.05) is 30.3 Å². The average molecular weight is 344 g/mol. The van der Waals surface area contributed by atoms with Crippen molar-refractivity contribution in [2.75, 3.05) is 6.54 Å². The zero-order valence-corrected chi connectivity index (χ0v) is 14.1. The summed E-state index contributed by atoms with van der Waals surface area (Å²) in [5.74, 6) is 0.237. The molecule has 0 unspecified atom stereocenters. The smallest absolute Gasteiger partial charge is 0.409 e. The quantitative estimate of drug-likeness (QED) is 0.850. The molecule has 0 aliphatic heterocycles. The monoisotopic (exact) mass is 344 g/mol. The Kier molecular flexibility index (Phi) is 5.21. The maximum Gasteiger partial charge on any atom is 0.429 e. The van der Waals surface area contributed by atoms with Gasteiger partial charge in [0, 0.05) is 6.54 Å². The van der Waals surface area contributed by atoms with E-state index in [2.05, 4.69) is 0 Å². The molecule has 0 saturated heterocycles. The number of hydrogen-bond donors (Lipinski definition) is 0. The average Bonchev–Trinajstić information content (AvgIpc) is 2.55. The molecule has 2 rings (SSSR count). The summed E-state index contributed by atoms with van der Waals surface area (Å²) in [7, 11) is -4.20. The number of amides is 1. The third-order valence-electron chi connectivity index (χ3n) is 3.35. The summed E-state index contributed by atoms with van der Waals surface area (Å²) in [6.07, 6.45) is -1.02. The maximum atomic E-state index is 12.8. The minimum atomic E-state index is -4.20. The van der Waals surface area contributed by atoms with Crippen LogP contribution >= 0.6 is 0 Å². The van der Waals surface area contributed by atoms with Crippen LogP contribution in [0.5, 0.6) is 5.75 Å². The van der Waals surface area contributed by atoms with Crippen LogP contribution in [0.4, 0.5) is 4.79 Å². The van der Waals surface area contributed by atoms with E-state index in [9.17, 15) is 18.5 Å². The lowest BCUT2D eigenvalue weighted by Crippen LogP contribution is -2.39. The fourth-order valence-electron chi connectivity index (χ4n) is 2.16. The van der Waals surface area contributed by atoms with Gasteiger partial charge in [0.2, 0.25) is 0 Å². The fraction of sp³-hybridized carbons (Fsp3) is 0.176. The molecule has 7 heteroatoms. The summed E-state index contributed by atoms with van der Waals surface area (Å²) >= 11 is 0. The molecule has 1 amide bonds. The highest BCUT2D eigenvalue weighted by Gasteiger charge is 2.32. The van der Waals surface area contributed by atoms with E-state index in [4.69, 9.17) is 4.74 Å². The normalized spacial score (nSPS) is 10.7. The van der Waals surface area contributed by atoms with E-state index in [-0.39, 0.29) is 22.8 Å². The van der Waals surface area contributed by atoms with E-state index in [0.29, 0.717) is 9.87 Å². The molecule has 0 saturated carbocycles. The SMILES string of the molecule is CCN(C(=O)Oc1ccccc1)S(=O)(=O)c1cccc(C)c1C#N. The highest BCUT2D eigenvalue weighted by Crippen LogP contribution is 2.23. The highest BCUT2D eigenvalue weighted by atomic mass is 32.2. The number of ether oxygens (including phenoxy) is 1. The third kappa shape index (κ3) is 3.39. The lowest BCUT2D eigenvalue weighted by molar-refractivity contribution is 0.180. The lowest BCUT2D eigenvalue weighted by Gasteiger charge is -2.21. The maximum absolute atomic E-state index is 12.8. The molecule has 0 aliphatic carbocycles. The third-order valence-corrected chi connectivity index (χ3v) is 5.24. The number of benzene rings is 2. The zero-order valence-electron chi connectivity index (χ0n) is 13.3. The van der Waals surface area contributed by atoms with Crippen LogP contribution in [-0.4, -0.2) is 25.4 Å². The van der Waals surface area contributed by atoms with Crippen molar-refractivity contribution in [2.24, 2.45) is 0 Å². The van der Waals surface area contributed by atoms with Crippen molar-refractivity contribution >= 4 is 16.1 Å². The fourth-order valence-corrected chi connectivity index (χ4v) is 3.68. The van der Waals surface area contributed by atoms with Crippen LogP contribution in [0.3, 0.4) is 0 Å². The van der Waals surface area contributed by atoms with Crippen LogP contribution in [0.1, 0.15) is 18.1 Å². The molecular formula is C17H16N2O4S. The lowest BCUT2D eigenvalue weighted by atomic mass is 10.1. The van der Waals surface area contributed by atoms with Gasteiger partial charge in [-0.25, -0.2) is 17.5 Å². The second-order valence-electron chi connectivity index (χ2n) is 4.91. The Morgan fingerprint density at radius 1 is 1.17 bits per heavy atom. The largest absolute Gasteiger partial charge is 0.429 e. The van der Waals surface area contributed by atoms with Gasteiger partial charge in [0.1, 0.15) is 16.7 Å². The first kappa shape index (κ1) is 17.5. The van der Waals surface area contributed by atoms with Crippen LogP contribution in [0.25, 0.3) is 0 Å². The summed E-state index contributed by atoms with van der Waals surface area (Å²) in [6, 6.07) is 14.5. The molecule has 0 radical (unpaired) electrons. The van der Waals surface area contributed by atoms with Gasteiger partial charge >= 0.3 is 6.09 Å². The van der Waals surface area contributed by atoms with E-state index >= 15 is 0 Å². The number of hydrogen-bond acceptors (Lipinski definition) is 5. The molecule has 0 aliphatic rings. The van der Waals surface area contributed by atoms with Crippen molar-refractivity contribution in [2.45, 2.75) is 18.7 Å². The van der Waals surface area contributed by atoms with E-state index < -0.39 is 16.1 Å². The molecule has 0 atom stereocenters. The van der Waals surface area contributed by atoms with Gasteiger partial charge in [0.15, 0.2) is 0 Å². The van der Waals surface area contributed by atoms with Crippen molar-refractivity contribution in [1.82, 2.24) is 4.31 Å². The van der Waals surface area contributed by atoms with Crippen molar-refractivity contribution in [3.05, 3.63) is 59.7 Å².